The maximum atomic E-state index is 14.2. The molecule has 2 N–H and O–H groups in total. The van der Waals surface area contributed by atoms with Gasteiger partial charge in [0.25, 0.3) is 0 Å². The summed E-state index contributed by atoms with van der Waals surface area (Å²) < 4.78 is 53.7. The molecule has 10 heteroatoms. The summed E-state index contributed by atoms with van der Waals surface area (Å²) in [5.74, 6) is -1.15. The highest BCUT2D eigenvalue weighted by molar-refractivity contribution is 6.33. The summed E-state index contributed by atoms with van der Waals surface area (Å²) in [6.45, 7) is -0.0195. The van der Waals surface area contributed by atoms with E-state index in [2.05, 4.69) is 15.7 Å². The zero-order valence-corrected chi connectivity index (χ0v) is 12.3. The van der Waals surface area contributed by atoms with Crippen LogP contribution in [0.2, 0.25) is 5.02 Å². The van der Waals surface area contributed by atoms with E-state index in [1.165, 1.54) is 6.07 Å². The van der Waals surface area contributed by atoms with Gasteiger partial charge >= 0.3 is 6.18 Å². The molecule has 0 saturated carbocycles. The minimum Gasteiger partial charge on any atom is -0.374 e. The van der Waals surface area contributed by atoms with Crippen molar-refractivity contribution in [2.24, 2.45) is 7.05 Å². The molecule has 3 rings (SSSR count). The maximum absolute atomic E-state index is 14.2. The standard InChI is InChI=1S/C13H9ClF4N4O/c1-22-12(13(16,17)18)10(14)11(21-22)5-2-8-7(3-6(5)15)19-4-9(23)20-8/h2-3,19H,4H2,1H3,(H,20,23). The van der Waals surface area contributed by atoms with Gasteiger partial charge in [0.15, 0.2) is 5.69 Å². The van der Waals surface area contributed by atoms with Gasteiger partial charge in [0.1, 0.15) is 11.5 Å². The van der Waals surface area contributed by atoms with Crippen molar-refractivity contribution in [2.75, 3.05) is 17.2 Å². The van der Waals surface area contributed by atoms with Crippen molar-refractivity contribution >= 4 is 28.9 Å². The van der Waals surface area contributed by atoms with Crippen molar-refractivity contribution in [1.29, 1.82) is 0 Å². The Kier molecular flexibility index (Phi) is 3.47. The molecule has 0 fully saturated rings. The molecule has 2 aromatic rings. The Hall–Kier alpha value is -2.29. The molecule has 122 valence electrons. The number of aryl methyl sites for hydroxylation is 1. The average Bonchev–Trinajstić information content (AvgIpc) is 2.73. The van der Waals surface area contributed by atoms with Gasteiger partial charge in [-0.3, -0.25) is 9.48 Å². The lowest BCUT2D eigenvalue weighted by Gasteiger charge is -2.19. The van der Waals surface area contributed by atoms with Crippen molar-refractivity contribution in [2.45, 2.75) is 6.18 Å². The van der Waals surface area contributed by atoms with Crippen LogP contribution >= 0.6 is 11.6 Å². The van der Waals surface area contributed by atoms with Crippen LogP contribution in [-0.4, -0.2) is 22.2 Å². The fourth-order valence-electron chi connectivity index (χ4n) is 2.35. The van der Waals surface area contributed by atoms with Crippen LogP contribution in [0.25, 0.3) is 11.3 Å². The Bertz CT molecular complexity index is 815. The van der Waals surface area contributed by atoms with Crippen LogP contribution in [0.5, 0.6) is 0 Å². The number of amides is 1. The van der Waals surface area contributed by atoms with E-state index < -0.39 is 22.7 Å². The summed E-state index contributed by atoms with van der Waals surface area (Å²) in [4.78, 5) is 11.4. The van der Waals surface area contributed by atoms with Gasteiger partial charge in [-0.1, -0.05) is 11.6 Å². The van der Waals surface area contributed by atoms with Gasteiger partial charge in [-0.2, -0.15) is 18.3 Å². The minimum absolute atomic E-state index is 0.0195. The molecule has 0 bridgehead atoms. The van der Waals surface area contributed by atoms with Gasteiger partial charge in [0, 0.05) is 12.6 Å². The molecule has 0 unspecified atom stereocenters. The number of carbonyl (C=O) groups is 1. The van der Waals surface area contributed by atoms with E-state index in [1.807, 2.05) is 0 Å². The molecular formula is C13H9ClF4N4O. The lowest BCUT2D eigenvalue weighted by atomic mass is 10.1. The van der Waals surface area contributed by atoms with Crippen molar-refractivity contribution in [3.05, 3.63) is 28.7 Å². The number of benzene rings is 1. The number of hydrogen-bond donors (Lipinski definition) is 2. The molecule has 0 saturated heterocycles. The van der Waals surface area contributed by atoms with Crippen LogP contribution in [0, 0.1) is 5.82 Å². The number of nitrogens with one attached hydrogen (secondary N) is 2. The lowest BCUT2D eigenvalue weighted by Crippen LogP contribution is -2.27. The van der Waals surface area contributed by atoms with Crippen molar-refractivity contribution in [3.63, 3.8) is 0 Å². The topological polar surface area (TPSA) is 59.0 Å². The first kappa shape index (κ1) is 15.6. The number of aromatic nitrogens is 2. The number of hydrogen-bond acceptors (Lipinski definition) is 3. The molecule has 2 heterocycles. The molecule has 0 aliphatic carbocycles. The second-order valence-corrected chi connectivity index (χ2v) is 5.29. The second-order valence-electron chi connectivity index (χ2n) is 4.91. The Morgan fingerprint density at radius 1 is 1.30 bits per heavy atom. The van der Waals surface area contributed by atoms with Gasteiger partial charge < -0.3 is 10.6 Å². The normalized spacial score (nSPS) is 14.3. The molecule has 0 atom stereocenters. The molecule has 1 aliphatic heterocycles. The zero-order chi connectivity index (χ0) is 16.9. The van der Waals surface area contributed by atoms with E-state index in [-0.39, 0.29) is 29.4 Å². The van der Waals surface area contributed by atoms with E-state index in [4.69, 9.17) is 11.6 Å². The molecule has 1 aromatic heterocycles. The zero-order valence-electron chi connectivity index (χ0n) is 11.6. The highest BCUT2D eigenvalue weighted by Gasteiger charge is 2.39. The Balaban J connectivity index is 2.17. The minimum atomic E-state index is -4.72. The Morgan fingerprint density at radius 2 is 2.00 bits per heavy atom. The first-order valence-corrected chi connectivity index (χ1v) is 6.73. The van der Waals surface area contributed by atoms with Crippen molar-refractivity contribution in [3.8, 4) is 11.3 Å². The third-order valence-corrected chi connectivity index (χ3v) is 3.69. The van der Waals surface area contributed by atoms with Crippen LogP contribution in [-0.2, 0) is 18.0 Å². The average molecular weight is 349 g/mol. The molecule has 1 aromatic carbocycles. The van der Waals surface area contributed by atoms with E-state index >= 15 is 0 Å². The number of alkyl halides is 3. The lowest BCUT2D eigenvalue weighted by molar-refractivity contribution is -0.143. The van der Waals surface area contributed by atoms with Crippen molar-refractivity contribution in [1.82, 2.24) is 9.78 Å². The van der Waals surface area contributed by atoms with E-state index in [0.29, 0.717) is 10.4 Å². The molecule has 0 spiro atoms. The van der Waals surface area contributed by atoms with Gasteiger partial charge in [0.05, 0.1) is 22.9 Å². The van der Waals surface area contributed by atoms with Crippen LogP contribution in [0.1, 0.15) is 5.69 Å². The predicted octanol–water partition coefficient (Wildman–Crippen LogP) is 3.26. The fourth-order valence-corrected chi connectivity index (χ4v) is 2.72. The number of carbonyl (C=O) groups excluding carboxylic acids is 1. The fraction of sp³-hybridized carbons (Fsp3) is 0.231. The SMILES string of the molecule is Cn1nc(-c2cc3c(cc2F)NCC(=O)N3)c(Cl)c1C(F)(F)F. The highest BCUT2D eigenvalue weighted by atomic mass is 35.5. The van der Waals surface area contributed by atoms with Gasteiger partial charge in [-0.15, -0.1) is 0 Å². The molecule has 1 aliphatic rings. The predicted molar refractivity (Wildman–Crippen MR) is 75.7 cm³/mol. The number of nitrogens with zero attached hydrogens (tertiary/aromatic N) is 2. The summed E-state index contributed by atoms with van der Waals surface area (Å²) in [5, 5.41) is 8.16. The van der Waals surface area contributed by atoms with Crippen molar-refractivity contribution < 1.29 is 22.4 Å². The second kappa shape index (κ2) is 5.12. The molecule has 0 radical (unpaired) electrons. The van der Waals surface area contributed by atoms with Crippen LogP contribution in [0.3, 0.4) is 0 Å². The van der Waals surface area contributed by atoms with Gasteiger partial charge in [-0.25, -0.2) is 4.39 Å². The third-order valence-electron chi connectivity index (χ3n) is 3.33. The van der Waals surface area contributed by atoms with E-state index in [9.17, 15) is 22.4 Å². The number of anilines is 2. The Labute approximate surface area is 132 Å². The Morgan fingerprint density at radius 3 is 2.61 bits per heavy atom. The van der Waals surface area contributed by atoms with Crippen LogP contribution < -0.4 is 10.6 Å². The molecular weight excluding hydrogens is 340 g/mol. The summed E-state index contributed by atoms with van der Waals surface area (Å²) >= 11 is 5.76. The monoisotopic (exact) mass is 348 g/mol. The maximum Gasteiger partial charge on any atom is 0.434 e. The quantitative estimate of drug-likeness (QED) is 0.778. The largest absolute Gasteiger partial charge is 0.434 e. The smallest absolute Gasteiger partial charge is 0.374 e. The summed E-state index contributed by atoms with van der Waals surface area (Å²) in [5.41, 5.74) is -1.18. The first-order chi connectivity index (χ1) is 10.7. The molecule has 5 nitrogen and oxygen atoms in total. The van der Waals surface area contributed by atoms with Crippen LogP contribution in [0.4, 0.5) is 28.9 Å². The summed E-state index contributed by atoms with van der Waals surface area (Å²) in [6.07, 6.45) is -4.72. The van der Waals surface area contributed by atoms with E-state index in [0.717, 1.165) is 13.1 Å². The summed E-state index contributed by atoms with van der Waals surface area (Å²) in [6, 6.07) is 2.27. The number of fused-ring (bicyclic) bond motifs is 1. The molecule has 23 heavy (non-hydrogen) atoms. The first-order valence-electron chi connectivity index (χ1n) is 6.36. The van der Waals surface area contributed by atoms with Crippen LogP contribution in [0.15, 0.2) is 12.1 Å². The number of halogens is 5. The van der Waals surface area contributed by atoms with E-state index in [1.54, 1.807) is 0 Å². The van der Waals surface area contributed by atoms with Gasteiger partial charge in [-0.05, 0) is 12.1 Å². The van der Waals surface area contributed by atoms with Gasteiger partial charge in [0.2, 0.25) is 5.91 Å². The number of rotatable bonds is 1. The highest BCUT2D eigenvalue weighted by Crippen LogP contribution is 2.41. The summed E-state index contributed by atoms with van der Waals surface area (Å²) in [7, 11) is 1.07. The molecule has 1 amide bonds. The third kappa shape index (κ3) is 2.61.